The number of hydrogen-bond donors (Lipinski definition) is 1. The molecule has 1 atom stereocenters. The summed E-state index contributed by atoms with van der Waals surface area (Å²) in [4.78, 5) is 2.53. The number of hydrogen-bond acceptors (Lipinski definition) is 3. The molecule has 1 aliphatic heterocycles. The van der Waals surface area contributed by atoms with Crippen LogP contribution >= 0.6 is 0 Å². The smallest absolute Gasteiger partial charge is 0.175 e. The standard InChI is InChI=1S/C23H25NO2/c25-22-20(10-9-17-11-14-26-23(17)22)21(24-12-2-1-3-13-24)19-8-7-16-5-4-6-18(16)15-19/h7-11,14-15,21,25H,1-6,12-13H2. The number of fused-ring (bicyclic) bond motifs is 2. The van der Waals surface area contributed by atoms with Crippen LogP contribution in [0.15, 0.2) is 47.1 Å². The lowest BCUT2D eigenvalue weighted by Crippen LogP contribution is -2.34. The summed E-state index contributed by atoms with van der Waals surface area (Å²) in [6.45, 7) is 2.16. The zero-order chi connectivity index (χ0) is 17.5. The quantitative estimate of drug-likeness (QED) is 0.707. The van der Waals surface area contributed by atoms with Crippen molar-refractivity contribution in [1.29, 1.82) is 0 Å². The van der Waals surface area contributed by atoms with Crippen molar-refractivity contribution in [2.45, 2.75) is 44.6 Å². The Labute approximate surface area is 154 Å². The zero-order valence-corrected chi connectivity index (χ0v) is 15.1. The summed E-state index contributed by atoms with van der Waals surface area (Å²) in [5.41, 5.74) is 5.85. The van der Waals surface area contributed by atoms with Gasteiger partial charge >= 0.3 is 0 Å². The van der Waals surface area contributed by atoms with Crippen LogP contribution in [-0.2, 0) is 12.8 Å². The third-order valence-electron chi connectivity index (χ3n) is 6.12. The Balaban J connectivity index is 1.64. The number of rotatable bonds is 3. The largest absolute Gasteiger partial charge is 0.504 e. The van der Waals surface area contributed by atoms with Crippen molar-refractivity contribution in [1.82, 2.24) is 4.90 Å². The Morgan fingerprint density at radius 1 is 0.885 bits per heavy atom. The van der Waals surface area contributed by atoms with Gasteiger partial charge in [-0.05, 0) is 68.0 Å². The molecule has 0 spiro atoms. The number of aryl methyl sites for hydroxylation is 2. The van der Waals surface area contributed by atoms with E-state index in [2.05, 4.69) is 35.2 Å². The summed E-state index contributed by atoms with van der Waals surface area (Å²) in [7, 11) is 0. The Morgan fingerprint density at radius 2 is 1.73 bits per heavy atom. The van der Waals surface area contributed by atoms with Crippen LogP contribution < -0.4 is 0 Å². The van der Waals surface area contributed by atoms with Gasteiger partial charge in [0.05, 0.1) is 12.3 Å². The van der Waals surface area contributed by atoms with Crippen LogP contribution in [0.25, 0.3) is 11.0 Å². The molecule has 0 radical (unpaired) electrons. The van der Waals surface area contributed by atoms with E-state index in [0.717, 1.165) is 24.0 Å². The molecule has 2 aliphatic rings. The maximum Gasteiger partial charge on any atom is 0.175 e. The van der Waals surface area contributed by atoms with Crippen molar-refractivity contribution in [2.75, 3.05) is 13.1 Å². The van der Waals surface area contributed by atoms with Gasteiger partial charge < -0.3 is 9.52 Å². The minimum atomic E-state index is 0.0932. The number of likely N-dealkylation sites (tertiary alicyclic amines) is 1. The molecule has 5 rings (SSSR count). The fourth-order valence-corrected chi connectivity index (χ4v) is 4.78. The number of phenolic OH excluding ortho intramolecular Hbond substituents is 1. The van der Waals surface area contributed by atoms with E-state index in [-0.39, 0.29) is 6.04 Å². The van der Waals surface area contributed by atoms with E-state index in [1.807, 2.05) is 6.07 Å². The minimum absolute atomic E-state index is 0.0932. The molecular formula is C23H25NO2. The van der Waals surface area contributed by atoms with Gasteiger partial charge in [0.25, 0.3) is 0 Å². The lowest BCUT2D eigenvalue weighted by Gasteiger charge is -2.35. The predicted octanol–water partition coefficient (Wildman–Crippen LogP) is 5.20. The Kier molecular flexibility index (Phi) is 3.97. The number of piperidine rings is 1. The molecule has 1 unspecified atom stereocenters. The predicted molar refractivity (Wildman–Crippen MR) is 104 cm³/mol. The van der Waals surface area contributed by atoms with Crippen molar-refractivity contribution < 1.29 is 9.52 Å². The van der Waals surface area contributed by atoms with Crippen molar-refractivity contribution >= 4 is 11.0 Å². The summed E-state index contributed by atoms with van der Waals surface area (Å²) >= 11 is 0. The number of phenols is 1. The Hall–Kier alpha value is -2.26. The average Bonchev–Trinajstić information content (AvgIpc) is 3.34. The summed E-state index contributed by atoms with van der Waals surface area (Å²) < 4.78 is 5.57. The summed E-state index contributed by atoms with van der Waals surface area (Å²) in [6, 6.07) is 13.1. The van der Waals surface area contributed by atoms with E-state index < -0.39 is 0 Å². The van der Waals surface area contributed by atoms with Crippen LogP contribution in [0.3, 0.4) is 0 Å². The van der Waals surface area contributed by atoms with Gasteiger partial charge in [-0.2, -0.15) is 0 Å². The van der Waals surface area contributed by atoms with E-state index in [4.69, 9.17) is 4.42 Å². The Bertz CT molecular complexity index is 937. The molecule has 1 saturated heterocycles. The van der Waals surface area contributed by atoms with Gasteiger partial charge in [-0.1, -0.05) is 36.8 Å². The van der Waals surface area contributed by atoms with Gasteiger partial charge in [0.15, 0.2) is 11.3 Å². The van der Waals surface area contributed by atoms with Crippen LogP contribution in [0.1, 0.15) is 54.0 Å². The molecule has 3 nitrogen and oxygen atoms in total. The molecule has 0 saturated carbocycles. The molecule has 1 aromatic heterocycles. The molecule has 1 fully saturated rings. The third kappa shape index (κ3) is 2.62. The highest BCUT2D eigenvalue weighted by molar-refractivity contribution is 5.84. The van der Waals surface area contributed by atoms with E-state index in [1.165, 1.54) is 55.2 Å². The molecule has 2 aromatic carbocycles. The SMILES string of the molecule is Oc1c(C(c2ccc3c(c2)CCC3)N2CCCCC2)ccc2ccoc12. The van der Waals surface area contributed by atoms with Gasteiger partial charge in [-0.3, -0.25) is 4.90 Å². The van der Waals surface area contributed by atoms with Gasteiger partial charge in [-0.15, -0.1) is 0 Å². The molecule has 2 heterocycles. The molecule has 1 N–H and O–H groups in total. The van der Waals surface area contributed by atoms with Crippen LogP contribution in [0.2, 0.25) is 0 Å². The van der Waals surface area contributed by atoms with Gasteiger partial charge in [0, 0.05) is 10.9 Å². The van der Waals surface area contributed by atoms with Crippen LogP contribution in [-0.4, -0.2) is 23.1 Å². The van der Waals surface area contributed by atoms with Crippen LogP contribution in [0.5, 0.6) is 5.75 Å². The highest BCUT2D eigenvalue weighted by atomic mass is 16.3. The fourth-order valence-electron chi connectivity index (χ4n) is 4.78. The molecule has 3 aromatic rings. The molecule has 134 valence electrons. The zero-order valence-electron chi connectivity index (χ0n) is 15.1. The molecule has 26 heavy (non-hydrogen) atoms. The van der Waals surface area contributed by atoms with Gasteiger partial charge in [0.2, 0.25) is 0 Å². The third-order valence-corrected chi connectivity index (χ3v) is 6.12. The van der Waals surface area contributed by atoms with Gasteiger partial charge in [-0.25, -0.2) is 0 Å². The highest BCUT2D eigenvalue weighted by Crippen LogP contribution is 2.40. The first-order chi connectivity index (χ1) is 12.8. The second-order valence-electron chi connectivity index (χ2n) is 7.72. The maximum atomic E-state index is 11.0. The monoisotopic (exact) mass is 347 g/mol. The average molecular weight is 347 g/mol. The highest BCUT2D eigenvalue weighted by Gasteiger charge is 2.28. The van der Waals surface area contributed by atoms with Crippen LogP contribution in [0, 0.1) is 0 Å². The van der Waals surface area contributed by atoms with Crippen molar-refractivity contribution in [3.8, 4) is 5.75 Å². The van der Waals surface area contributed by atoms with Crippen LogP contribution in [0.4, 0.5) is 0 Å². The number of nitrogens with zero attached hydrogens (tertiary/aromatic N) is 1. The lowest BCUT2D eigenvalue weighted by atomic mass is 9.91. The van der Waals surface area contributed by atoms with E-state index in [0.29, 0.717) is 11.3 Å². The summed E-state index contributed by atoms with van der Waals surface area (Å²) in [5.74, 6) is 0.295. The topological polar surface area (TPSA) is 36.6 Å². The second kappa shape index (κ2) is 6.48. The first kappa shape index (κ1) is 16.0. The minimum Gasteiger partial charge on any atom is -0.504 e. The van der Waals surface area contributed by atoms with E-state index in [1.54, 1.807) is 6.26 Å². The summed E-state index contributed by atoms with van der Waals surface area (Å²) in [5, 5.41) is 11.9. The van der Waals surface area contributed by atoms with E-state index >= 15 is 0 Å². The molecule has 0 bridgehead atoms. The number of benzene rings is 2. The number of aromatic hydroxyl groups is 1. The van der Waals surface area contributed by atoms with E-state index in [9.17, 15) is 5.11 Å². The molecular weight excluding hydrogens is 322 g/mol. The van der Waals surface area contributed by atoms with Crippen molar-refractivity contribution in [3.63, 3.8) is 0 Å². The fraction of sp³-hybridized carbons (Fsp3) is 0.391. The molecule has 1 aliphatic carbocycles. The lowest BCUT2D eigenvalue weighted by molar-refractivity contribution is 0.185. The normalized spacial score (nSPS) is 18.9. The van der Waals surface area contributed by atoms with Crippen molar-refractivity contribution in [2.24, 2.45) is 0 Å². The molecule has 0 amide bonds. The van der Waals surface area contributed by atoms with Gasteiger partial charge in [0.1, 0.15) is 0 Å². The second-order valence-corrected chi connectivity index (χ2v) is 7.72. The number of furan rings is 1. The van der Waals surface area contributed by atoms with Crippen molar-refractivity contribution in [3.05, 3.63) is 64.9 Å². The maximum absolute atomic E-state index is 11.0. The first-order valence-electron chi connectivity index (χ1n) is 9.86. The Morgan fingerprint density at radius 3 is 2.62 bits per heavy atom. The summed E-state index contributed by atoms with van der Waals surface area (Å²) in [6.07, 6.45) is 9.05. The first-order valence-corrected chi connectivity index (χ1v) is 9.86. The molecule has 3 heteroatoms.